The van der Waals surface area contributed by atoms with E-state index in [-0.39, 0.29) is 0 Å². The van der Waals surface area contributed by atoms with Crippen molar-refractivity contribution in [1.29, 1.82) is 0 Å². The van der Waals surface area contributed by atoms with Gasteiger partial charge in [0, 0.05) is 35.8 Å². The van der Waals surface area contributed by atoms with Crippen LogP contribution in [0.2, 0.25) is 0 Å². The summed E-state index contributed by atoms with van der Waals surface area (Å²) in [6, 6.07) is 17.5. The number of hydrogen-bond acceptors (Lipinski definition) is 1. The molecule has 3 aromatic rings. The number of rotatable bonds is 3. The van der Waals surface area contributed by atoms with Crippen molar-refractivity contribution in [1.82, 2.24) is 0 Å². The van der Waals surface area contributed by atoms with Crippen LogP contribution in [0.4, 0.5) is 5.69 Å². The third-order valence-corrected chi connectivity index (χ3v) is 4.88. The van der Waals surface area contributed by atoms with Crippen molar-refractivity contribution in [3.63, 3.8) is 0 Å². The molecule has 0 atom stereocenters. The Kier molecular flexibility index (Phi) is 4.10. The Morgan fingerprint density at radius 3 is 2.52 bits per heavy atom. The third kappa shape index (κ3) is 2.85. The molecule has 2 heteroatoms. The lowest BCUT2D eigenvalue weighted by atomic mass is 9.94. The number of allylic oxidation sites excluding steroid dienone is 2. The number of pyridine rings is 1. The van der Waals surface area contributed by atoms with Crippen molar-refractivity contribution >= 4 is 28.1 Å². The molecule has 0 bridgehead atoms. The number of anilines is 1. The molecule has 2 nitrogen and oxygen atoms in total. The van der Waals surface area contributed by atoms with Crippen LogP contribution in [0.5, 0.6) is 0 Å². The normalized spacial score (nSPS) is 15.0. The minimum atomic E-state index is 0.965. The largest absolute Gasteiger partial charge is 0.347 e. The lowest BCUT2D eigenvalue weighted by Gasteiger charge is -2.28. The monoisotopic (exact) mass is 327 g/mol. The summed E-state index contributed by atoms with van der Waals surface area (Å²) in [5, 5.41) is 2.60. The number of aryl methyl sites for hydroxylation is 1. The van der Waals surface area contributed by atoms with Gasteiger partial charge in [-0.2, -0.15) is 0 Å². The highest BCUT2D eigenvalue weighted by molar-refractivity contribution is 6.05. The topological polar surface area (TPSA) is 7.12 Å². The summed E-state index contributed by atoms with van der Waals surface area (Å²) in [5.41, 5.74) is 5.11. The Balaban J connectivity index is 1.86. The van der Waals surface area contributed by atoms with E-state index in [1.165, 1.54) is 33.2 Å². The molecule has 1 aromatic heterocycles. The molecule has 0 unspecified atom stereocenters. The van der Waals surface area contributed by atoms with Crippen LogP contribution in [-0.4, -0.2) is 6.54 Å². The van der Waals surface area contributed by atoms with Crippen LogP contribution in [0.15, 0.2) is 73.2 Å². The van der Waals surface area contributed by atoms with Crippen LogP contribution in [0.25, 0.3) is 22.4 Å². The first-order valence-corrected chi connectivity index (χ1v) is 8.98. The number of aromatic nitrogens is 1. The molecule has 124 valence electrons. The summed E-state index contributed by atoms with van der Waals surface area (Å²) in [6.07, 6.45) is 11.0. The summed E-state index contributed by atoms with van der Waals surface area (Å²) in [5.74, 6) is 0. The van der Waals surface area contributed by atoms with Gasteiger partial charge in [0.2, 0.25) is 0 Å². The van der Waals surface area contributed by atoms with Crippen molar-refractivity contribution < 1.29 is 4.57 Å². The minimum Gasteiger partial charge on any atom is -0.347 e. The quantitative estimate of drug-likeness (QED) is 0.611. The molecule has 2 heterocycles. The van der Waals surface area contributed by atoms with E-state index in [0.717, 1.165) is 13.1 Å². The first kappa shape index (κ1) is 15.6. The van der Waals surface area contributed by atoms with Gasteiger partial charge in [-0.15, -0.1) is 0 Å². The zero-order chi connectivity index (χ0) is 17.2. The first-order chi connectivity index (χ1) is 12.3. The van der Waals surface area contributed by atoms with E-state index in [1.54, 1.807) is 0 Å². The Labute approximate surface area is 149 Å². The highest BCUT2D eigenvalue weighted by atomic mass is 15.1. The second-order valence-corrected chi connectivity index (χ2v) is 6.35. The van der Waals surface area contributed by atoms with E-state index in [0.29, 0.717) is 0 Å². The van der Waals surface area contributed by atoms with Crippen molar-refractivity contribution in [2.24, 2.45) is 0 Å². The standard InChI is InChI=1S/C23H23N2/c1-3-24-14-11-18(12-15-24)17-20-13-16-25(4-2)23-21-8-6-5-7-19(21)9-10-22(20)23/h5-17H,3-4H2,1-2H3/q+1. The Bertz CT molecular complexity index is 965. The predicted molar refractivity (Wildman–Crippen MR) is 106 cm³/mol. The fraction of sp³-hybridized carbons (Fsp3) is 0.174. The van der Waals surface area contributed by atoms with E-state index in [4.69, 9.17) is 0 Å². The Morgan fingerprint density at radius 1 is 0.960 bits per heavy atom. The average Bonchev–Trinajstić information content (AvgIpc) is 2.68. The van der Waals surface area contributed by atoms with E-state index >= 15 is 0 Å². The Morgan fingerprint density at radius 2 is 1.76 bits per heavy atom. The number of nitrogens with zero attached hydrogens (tertiary/aromatic N) is 2. The SMILES string of the molecule is CCN1C=C/C(=C\c2cc[n+](CC)cc2)c2ccc3ccccc3c21. The molecule has 1 aliphatic heterocycles. The molecule has 0 amide bonds. The van der Waals surface area contributed by atoms with Gasteiger partial charge in [0.1, 0.15) is 6.54 Å². The van der Waals surface area contributed by atoms with Gasteiger partial charge in [0.25, 0.3) is 0 Å². The Hall–Kier alpha value is -2.87. The predicted octanol–water partition coefficient (Wildman–Crippen LogP) is 5.04. The zero-order valence-corrected chi connectivity index (χ0v) is 14.8. The molecule has 0 N–H and O–H groups in total. The minimum absolute atomic E-state index is 0.965. The number of benzene rings is 2. The highest BCUT2D eigenvalue weighted by Crippen LogP contribution is 2.39. The molecule has 25 heavy (non-hydrogen) atoms. The van der Waals surface area contributed by atoms with E-state index in [1.807, 2.05) is 0 Å². The number of hydrogen-bond donors (Lipinski definition) is 0. The maximum absolute atomic E-state index is 2.34. The molecular formula is C23H23N2+. The highest BCUT2D eigenvalue weighted by Gasteiger charge is 2.18. The van der Waals surface area contributed by atoms with Crippen LogP contribution in [-0.2, 0) is 6.54 Å². The lowest BCUT2D eigenvalue weighted by molar-refractivity contribution is -0.693. The molecular weight excluding hydrogens is 304 g/mol. The smallest absolute Gasteiger partial charge is 0.169 e. The van der Waals surface area contributed by atoms with Crippen LogP contribution in [0.3, 0.4) is 0 Å². The van der Waals surface area contributed by atoms with Crippen molar-refractivity contribution in [3.8, 4) is 0 Å². The van der Waals surface area contributed by atoms with Gasteiger partial charge in [0.05, 0.1) is 5.69 Å². The molecule has 0 radical (unpaired) electrons. The van der Waals surface area contributed by atoms with Gasteiger partial charge in [0.15, 0.2) is 12.4 Å². The maximum Gasteiger partial charge on any atom is 0.169 e. The van der Waals surface area contributed by atoms with Crippen molar-refractivity contribution in [3.05, 3.63) is 84.3 Å². The van der Waals surface area contributed by atoms with Gasteiger partial charge < -0.3 is 4.90 Å². The second-order valence-electron chi connectivity index (χ2n) is 6.35. The molecule has 1 aliphatic rings. The van der Waals surface area contributed by atoms with Crippen LogP contribution >= 0.6 is 0 Å². The van der Waals surface area contributed by atoms with Crippen molar-refractivity contribution in [2.45, 2.75) is 20.4 Å². The van der Waals surface area contributed by atoms with Gasteiger partial charge in [-0.3, -0.25) is 0 Å². The molecule has 2 aromatic carbocycles. The molecule has 0 aliphatic carbocycles. The fourth-order valence-electron chi connectivity index (χ4n) is 3.48. The first-order valence-electron chi connectivity index (χ1n) is 8.98. The molecule has 0 saturated carbocycles. The summed E-state index contributed by atoms with van der Waals surface area (Å²) in [4.78, 5) is 2.34. The fourth-order valence-corrected chi connectivity index (χ4v) is 3.48. The molecule has 0 fully saturated rings. The van der Waals surface area contributed by atoms with Gasteiger partial charge in [-0.25, -0.2) is 4.57 Å². The van der Waals surface area contributed by atoms with Gasteiger partial charge >= 0.3 is 0 Å². The average molecular weight is 327 g/mol. The molecule has 0 spiro atoms. The van der Waals surface area contributed by atoms with Crippen molar-refractivity contribution in [2.75, 3.05) is 11.4 Å². The number of fused-ring (bicyclic) bond motifs is 3. The second kappa shape index (κ2) is 6.56. The van der Waals surface area contributed by atoms with Crippen LogP contribution in [0.1, 0.15) is 25.0 Å². The summed E-state index contributed by atoms with van der Waals surface area (Å²) < 4.78 is 2.18. The summed E-state index contributed by atoms with van der Waals surface area (Å²) >= 11 is 0. The third-order valence-electron chi connectivity index (χ3n) is 4.88. The lowest BCUT2D eigenvalue weighted by Crippen LogP contribution is -2.30. The van der Waals surface area contributed by atoms with Gasteiger partial charge in [-0.1, -0.05) is 36.4 Å². The van der Waals surface area contributed by atoms with Crippen LogP contribution < -0.4 is 9.47 Å². The van der Waals surface area contributed by atoms with Crippen LogP contribution in [0, 0.1) is 0 Å². The van der Waals surface area contributed by atoms with E-state index in [2.05, 4.69) is 103 Å². The summed E-state index contributed by atoms with van der Waals surface area (Å²) in [7, 11) is 0. The molecule has 4 rings (SSSR count). The maximum atomic E-state index is 2.34. The summed E-state index contributed by atoms with van der Waals surface area (Å²) in [6.45, 7) is 6.32. The zero-order valence-electron chi connectivity index (χ0n) is 14.8. The van der Waals surface area contributed by atoms with E-state index < -0.39 is 0 Å². The molecule has 0 saturated heterocycles. The van der Waals surface area contributed by atoms with Gasteiger partial charge in [-0.05, 0) is 42.5 Å². The van der Waals surface area contributed by atoms with E-state index in [9.17, 15) is 0 Å².